The van der Waals surface area contributed by atoms with E-state index < -0.39 is 16.4 Å². The predicted octanol–water partition coefficient (Wildman–Crippen LogP) is 2.20. The van der Waals surface area contributed by atoms with Gasteiger partial charge in [0.2, 0.25) is 10.0 Å². The molecule has 2 aromatic rings. The van der Waals surface area contributed by atoms with Crippen LogP contribution in [0.3, 0.4) is 0 Å². The van der Waals surface area contributed by atoms with Crippen LogP contribution in [0.2, 0.25) is 0 Å². The van der Waals surface area contributed by atoms with Gasteiger partial charge in [-0.3, -0.25) is 4.72 Å². The third-order valence-electron chi connectivity index (χ3n) is 3.06. The molecule has 22 heavy (non-hydrogen) atoms. The first-order valence-corrected chi connectivity index (χ1v) is 7.81. The van der Waals surface area contributed by atoms with E-state index in [9.17, 15) is 21.6 Å². The third kappa shape index (κ3) is 3.01. The number of ether oxygens (including phenoxy) is 1. The number of halogens is 3. The van der Waals surface area contributed by atoms with Crippen molar-refractivity contribution in [2.45, 2.75) is 12.9 Å². The van der Waals surface area contributed by atoms with E-state index >= 15 is 0 Å². The number of benzene rings is 1. The molecular weight excluding hydrogens is 323 g/mol. The number of anilines is 1. The summed E-state index contributed by atoms with van der Waals surface area (Å²) < 4.78 is 67.2. The number of sulfonamides is 1. The molecule has 0 bridgehead atoms. The number of fused-ring (bicyclic) bond motifs is 1. The minimum atomic E-state index is -4.76. The zero-order valence-corrected chi connectivity index (χ0v) is 11.8. The van der Waals surface area contributed by atoms with Crippen molar-refractivity contribution in [3.05, 3.63) is 30.5 Å². The zero-order chi connectivity index (χ0) is 16.0. The van der Waals surface area contributed by atoms with Crippen LogP contribution in [0, 0.1) is 0 Å². The van der Waals surface area contributed by atoms with Gasteiger partial charge >= 0.3 is 6.36 Å². The second kappa shape index (κ2) is 4.90. The van der Waals surface area contributed by atoms with E-state index in [1.807, 2.05) is 0 Å². The molecule has 0 radical (unpaired) electrons. The molecule has 6 nitrogen and oxygen atoms in total. The molecule has 1 aliphatic heterocycles. The van der Waals surface area contributed by atoms with Crippen LogP contribution in [0.1, 0.15) is 0 Å². The van der Waals surface area contributed by atoms with Gasteiger partial charge in [-0.2, -0.15) is 5.10 Å². The molecule has 118 valence electrons. The highest BCUT2D eigenvalue weighted by molar-refractivity contribution is 7.92. The maximum atomic E-state index is 12.1. The standard InChI is InChI=1S/C12H10F3N3O3S/c13-12(14,15)21-9-3-1-8(2-4-9)10-7-16-18-5-6-22(19,20)17-11(10)18/h1-4,7,17H,5-6H2. The molecule has 0 unspecified atom stereocenters. The second-order valence-electron chi connectivity index (χ2n) is 4.62. The minimum Gasteiger partial charge on any atom is -0.406 e. The van der Waals surface area contributed by atoms with E-state index in [1.165, 1.54) is 23.0 Å². The molecule has 1 aromatic carbocycles. The van der Waals surface area contributed by atoms with Gasteiger partial charge in [0.1, 0.15) is 11.6 Å². The molecule has 0 saturated carbocycles. The number of aromatic nitrogens is 2. The lowest BCUT2D eigenvalue weighted by Crippen LogP contribution is -2.28. The molecule has 0 saturated heterocycles. The molecule has 3 rings (SSSR count). The molecule has 2 heterocycles. The highest BCUT2D eigenvalue weighted by atomic mass is 32.2. The summed E-state index contributed by atoms with van der Waals surface area (Å²) in [4.78, 5) is 0. The fourth-order valence-electron chi connectivity index (χ4n) is 2.11. The number of rotatable bonds is 2. The predicted molar refractivity (Wildman–Crippen MR) is 71.8 cm³/mol. The number of nitrogens with zero attached hydrogens (tertiary/aromatic N) is 2. The molecule has 1 N–H and O–H groups in total. The maximum Gasteiger partial charge on any atom is 0.573 e. The van der Waals surface area contributed by atoms with Crippen LogP contribution in [0.4, 0.5) is 19.0 Å². The SMILES string of the molecule is O=S1(=O)CCn2ncc(-c3ccc(OC(F)(F)F)cc3)c2N1. The van der Waals surface area contributed by atoms with Gasteiger partial charge in [0.05, 0.1) is 18.5 Å². The van der Waals surface area contributed by atoms with E-state index in [-0.39, 0.29) is 18.0 Å². The lowest BCUT2D eigenvalue weighted by molar-refractivity contribution is -0.274. The maximum absolute atomic E-state index is 12.1. The fraction of sp³-hybridized carbons (Fsp3) is 0.250. The number of hydrogen-bond donors (Lipinski definition) is 1. The van der Waals surface area contributed by atoms with Crippen LogP contribution in [-0.4, -0.2) is 30.3 Å². The van der Waals surface area contributed by atoms with Gasteiger partial charge in [0.25, 0.3) is 0 Å². The van der Waals surface area contributed by atoms with Crippen LogP contribution >= 0.6 is 0 Å². The Kier molecular flexibility index (Phi) is 3.28. The van der Waals surface area contributed by atoms with E-state index in [2.05, 4.69) is 14.6 Å². The molecule has 1 aromatic heterocycles. The summed E-state index contributed by atoms with van der Waals surface area (Å²) in [6.07, 6.45) is -3.29. The Morgan fingerprint density at radius 2 is 1.91 bits per heavy atom. The zero-order valence-electron chi connectivity index (χ0n) is 11.0. The van der Waals surface area contributed by atoms with Crippen LogP contribution in [0.5, 0.6) is 5.75 Å². The molecule has 0 atom stereocenters. The highest BCUT2D eigenvalue weighted by Gasteiger charge is 2.31. The summed E-state index contributed by atoms with van der Waals surface area (Å²) in [7, 11) is -3.41. The van der Waals surface area contributed by atoms with Crippen molar-refractivity contribution >= 4 is 15.8 Å². The topological polar surface area (TPSA) is 73.2 Å². The van der Waals surface area contributed by atoms with Crippen LogP contribution in [0.25, 0.3) is 11.1 Å². The normalized spacial score (nSPS) is 16.7. The van der Waals surface area contributed by atoms with E-state index in [4.69, 9.17) is 0 Å². The van der Waals surface area contributed by atoms with Gasteiger partial charge in [-0.1, -0.05) is 12.1 Å². The van der Waals surface area contributed by atoms with Gasteiger partial charge in [0.15, 0.2) is 0 Å². The summed E-state index contributed by atoms with van der Waals surface area (Å²) in [5.74, 6) is -0.118. The fourth-order valence-corrected chi connectivity index (χ4v) is 3.14. The third-order valence-corrected chi connectivity index (χ3v) is 4.29. The minimum absolute atomic E-state index is 0.0700. The molecular formula is C12H10F3N3O3S. The van der Waals surface area contributed by atoms with E-state index in [1.54, 1.807) is 0 Å². The van der Waals surface area contributed by atoms with Crippen molar-refractivity contribution in [1.82, 2.24) is 9.78 Å². The first-order valence-electron chi connectivity index (χ1n) is 6.16. The Morgan fingerprint density at radius 3 is 2.55 bits per heavy atom. The molecule has 0 fully saturated rings. The lowest BCUT2D eigenvalue weighted by Gasteiger charge is -2.17. The molecule has 1 aliphatic rings. The average Bonchev–Trinajstić information content (AvgIpc) is 2.79. The van der Waals surface area contributed by atoms with Crippen LogP contribution < -0.4 is 9.46 Å². The Balaban J connectivity index is 1.91. The number of hydrogen-bond acceptors (Lipinski definition) is 4. The van der Waals surface area contributed by atoms with Gasteiger partial charge in [-0.15, -0.1) is 13.2 Å². The summed E-state index contributed by atoms with van der Waals surface area (Å²) >= 11 is 0. The van der Waals surface area contributed by atoms with Gasteiger partial charge in [0, 0.05) is 5.56 Å². The Hall–Kier alpha value is -2.23. The smallest absolute Gasteiger partial charge is 0.406 e. The summed E-state index contributed by atoms with van der Waals surface area (Å²) in [6.45, 7) is 0.222. The number of aryl methyl sites for hydroxylation is 1. The van der Waals surface area contributed by atoms with Gasteiger partial charge in [-0.05, 0) is 17.7 Å². The number of nitrogens with one attached hydrogen (secondary N) is 1. The second-order valence-corrected chi connectivity index (χ2v) is 6.46. The molecule has 0 aliphatic carbocycles. The first-order chi connectivity index (χ1) is 10.2. The Bertz CT molecular complexity index is 797. The van der Waals surface area contributed by atoms with Crippen molar-refractivity contribution in [2.75, 3.05) is 10.5 Å². The van der Waals surface area contributed by atoms with E-state index in [0.29, 0.717) is 16.9 Å². The van der Waals surface area contributed by atoms with Crippen LogP contribution in [0.15, 0.2) is 30.5 Å². The highest BCUT2D eigenvalue weighted by Crippen LogP contribution is 2.32. The first kappa shape index (κ1) is 14.7. The largest absolute Gasteiger partial charge is 0.573 e. The monoisotopic (exact) mass is 333 g/mol. The average molecular weight is 333 g/mol. The summed E-state index contributed by atoms with van der Waals surface area (Å²) in [5, 5.41) is 4.06. The summed E-state index contributed by atoms with van der Waals surface area (Å²) in [6, 6.07) is 5.12. The number of alkyl halides is 3. The van der Waals surface area contributed by atoms with Crippen molar-refractivity contribution in [3.63, 3.8) is 0 Å². The Morgan fingerprint density at radius 1 is 1.23 bits per heavy atom. The van der Waals surface area contributed by atoms with Crippen LogP contribution in [-0.2, 0) is 16.6 Å². The quantitative estimate of drug-likeness (QED) is 0.914. The van der Waals surface area contributed by atoms with Crippen molar-refractivity contribution < 1.29 is 26.3 Å². The van der Waals surface area contributed by atoms with Gasteiger partial charge < -0.3 is 4.74 Å². The van der Waals surface area contributed by atoms with E-state index in [0.717, 1.165) is 12.1 Å². The van der Waals surface area contributed by atoms with Crippen molar-refractivity contribution in [3.8, 4) is 16.9 Å². The molecule has 0 spiro atoms. The van der Waals surface area contributed by atoms with Crippen molar-refractivity contribution in [1.29, 1.82) is 0 Å². The lowest BCUT2D eigenvalue weighted by atomic mass is 10.1. The molecule has 10 heteroatoms. The van der Waals surface area contributed by atoms with Gasteiger partial charge in [-0.25, -0.2) is 13.1 Å². The van der Waals surface area contributed by atoms with Crippen molar-refractivity contribution in [2.24, 2.45) is 0 Å². The summed E-state index contributed by atoms with van der Waals surface area (Å²) in [5.41, 5.74) is 1.02. The Labute approximate surface area is 123 Å². The molecule has 0 amide bonds.